The molecule has 0 aliphatic rings. The second-order valence-corrected chi connectivity index (χ2v) is 6.32. The third-order valence-electron chi connectivity index (χ3n) is 1.99. The smallest absolute Gasteiger partial charge is 0.300 e. The molecule has 160 valence electrons. The number of rotatable bonds is 8. The van der Waals surface area contributed by atoms with Crippen LogP contribution in [0, 0.1) is 0 Å². The standard InChI is InChI=1S/4C5H8O2.Ti/c4*1-4(6)3-5(2)7;/h4*3H2,1-2H3;/q;;;;+4. The molecule has 0 aliphatic heterocycles. The van der Waals surface area contributed by atoms with Crippen molar-refractivity contribution in [1.29, 1.82) is 0 Å². The van der Waals surface area contributed by atoms with Crippen molar-refractivity contribution < 1.29 is 60.1 Å². The molecule has 0 atom stereocenters. The van der Waals surface area contributed by atoms with Crippen molar-refractivity contribution in [3.8, 4) is 0 Å². The van der Waals surface area contributed by atoms with E-state index < -0.39 is 0 Å². The summed E-state index contributed by atoms with van der Waals surface area (Å²) in [7, 11) is 0. The van der Waals surface area contributed by atoms with Gasteiger partial charge in [-0.05, 0) is 55.4 Å². The van der Waals surface area contributed by atoms with Crippen molar-refractivity contribution in [3.05, 3.63) is 0 Å². The Bertz CT molecular complexity index is 439. The molecule has 0 rings (SSSR count). The van der Waals surface area contributed by atoms with Crippen molar-refractivity contribution in [3.63, 3.8) is 0 Å². The van der Waals surface area contributed by atoms with Crippen LogP contribution in [0.5, 0.6) is 0 Å². The second kappa shape index (κ2) is 24.1. The maximum Gasteiger partial charge on any atom is 4.00 e. The molecule has 0 radical (unpaired) electrons. The van der Waals surface area contributed by atoms with Gasteiger partial charge >= 0.3 is 21.7 Å². The maximum absolute atomic E-state index is 10.0. The first-order valence-electron chi connectivity index (χ1n) is 8.46. The number of ketones is 8. The summed E-state index contributed by atoms with van der Waals surface area (Å²) >= 11 is 0. The van der Waals surface area contributed by atoms with Crippen LogP contribution in [-0.4, -0.2) is 46.3 Å². The van der Waals surface area contributed by atoms with E-state index in [4.69, 9.17) is 0 Å². The van der Waals surface area contributed by atoms with Crippen LogP contribution in [0.3, 0.4) is 0 Å². The van der Waals surface area contributed by atoms with E-state index in [1.54, 1.807) is 0 Å². The van der Waals surface area contributed by atoms with Crippen molar-refractivity contribution in [2.75, 3.05) is 0 Å². The largest absolute Gasteiger partial charge is 4.00 e. The first kappa shape index (κ1) is 37.8. The third kappa shape index (κ3) is 76.3. The van der Waals surface area contributed by atoms with Crippen molar-refractivity contribution >= 4 is 46.3 Å². The average Bonchev–Trinajstić information content (AvgIpc) is 2.32. The molecule has 0 fully saturated rings. The summed E-state index contributed by atoms with van der Waals surface area (Å²) < 4.78 is 0. The molecule has 0 bridgehead atoms. The van der Waals surface area contributed by atoms with Crippen LogP contribution < -0.4 is 0 Å². The number of hydrogen-bond donors (Lipinski definition) is 0. The zero-order chi connectivity index (χ0) is 23.4. The summed E-state index contributed by atoms with van der Waals surface area (Å²) in [4.78, 5) is 80.3. The Balaban J connectivity index is -0.0000000873. The van der Waals surface area contributed by atoms with E-state index in [-0.39, 0.29) is 93.7 Å². The Morgan fingerprint density at radius 1 is 0.310 bits per heavy atom. The summed E-state index contributed by atoms with van der Waals surface area (Å²) in [5.74, 6) is -0.500. The minimum Gasteiger partial charge on any atom is -0.300 e. The molecule has 0 aromatic heterocycles. The average molecular weight is 448 g/mol. The molecule has 29 heavy (non-hydrogen) atoms. The van der Waals surface area contributed by atoms with E-state index >= 15 is 0 Å². The summed E-state index contributed by atoms with van der Waals surface area (Å²) in [6.07, 6.45) is 0.333. The predicted molar refractivity (Wildman–Crippen MR) is 104 cm³/mol. The van der Waals surface area contributed by atoms with Gasteiger partial charge in [-0.2, -0.15) is 0 Å². The van der Waals surface area contributed by atoms with Gasteiger partial charge in [0.1, 0.15) is 46.3 Å². The van der Waals surface area contributed by atoms with Crippen LogP contribution >= 0.6 is 0 Å². The quantitative estimate of drug-likeness (QED) is 0.407. The minimum absolute atomic E-state index is 0. The Hall–Kier alpha value is -1.93. The molecule has 0 unspecified atom stereocenters. The first-order valence-corrected chi connectivity index (χ1v) is 8.46. The van der Waals surface area contributed by atoms with Crippen molar-refractivity contribution in [1.82, 2.24) is 0 Å². The van der Waals surface area contributed by atoms with E-state index in [0.717, 1.165) is 0 Å². The van der Waals surface area contributed by atoms with Gasteiger partial charge < -0.3 is 0 Å². The van der Waals surface area contributed by atoms with Crippen LogP contribution in [-0.2, 0) is 60.1 Å². The Labute approximate surface area is 187 Å². The molecule has 0 amide bonds. The van der Waals surface area contributed by atoms with Gasteiger partial charge in [0.25, 0.3) is 0 Å². The fourth-order valence-electron chi connectivity index (χ4n) is 1.40. The van der Waals surface area contributed by atoms with Gasteiger partial charge in [-0.25, -0.2) is 0 Å². The van der Waals surface area contributed by atoms with Crippen LogP contribution in [0.4, 0.5) is 0 Å². The summed E-state index contributed by atoms with van der Waals surface area (Å²) in [6.45, 7) is 11.2. The topological polar surface area (TPSA) is 137 Å². The zero-order valence-electron chi connectivity index (χ0n) is 18.6. The summed E-state index contributed by atoms with van der Waals surface area (Å²) in [6, 6.07) is 0. The van der Waals surface area contributed by atoms with Crippen LogP contribution in [0.1, 0.15) is 81.1 Å². The van der Waals surface area contributed by atoms with Gasteiger partial charge in [0.15, 0.2) is 0 Å². The second-order valence-electron chi connectivity index (χ2n) is 6.32. The molecule has 0 N–H and O–H groups in total. The number of hydrogen-bond acceptors (Lipinski definition) is 8. The minimum atomic E-state index is -0.0625. The van der Waals surface area contributed by atoms with Gasteiger partial charge in [0.05, 0.1) is 25.7 Å². The molecule has 9 heteroatoms. The molecule has 0 aromatic rings. The van der Waals surface area contributed by atoms with Gasteiger partial charge in [0, 0.05) is 0 Å². The number of carbonyl (C=O) groups excluding carboxylic acids is 8. The van der Waals surface area contributed by atoms with Gasteiger partial charge in [-0.1, -0.05) is 0 Å². The maximum atomic E-state index is 10.0. The van der Waals surface area contributed by atoms with Gasteiger partial charge in [-0.15, -0.1) is 0 Å². The van der Waals surface area contributed by atoms with Crippen LogP contribution in [0.15, 0.2) is 0 Å². The molecule has 0 saturated carbocycles. The molecule has 8 nitrogen and oxygen atoms in total. The van der Waals surface area contributed by atoms with Crippen LogP contribution in [0.25, 0.3) is 0 Å². The Morgan fingerprint density at radius 3 is 0.379 bits per heavy atom. The molecule has 0 aromatic carbocycles. The normalized spacial score (nSPS) is 8.00. The van der Waals surface area contributed by atoms with Crippen molar-refractivity contribution in [2.24, 2.45) is 0 Å². The molecular formula is C20H32O8Ti+4. The molecular weight excluding hydrogens is 416 g/mol. The van der Waals surface area contributed by atoms with Gasteiger partial charge in [-0.3, -0.25) is 38.4 Å². The Morgan fingerprint density at radius 2 is 0.379 bits per heavy atom. The number of Topliss-reactive ketones (excluding diaryl/α,β-unsaturated/α-hetero) is 8. The van der Waals surface area contributed by atoms with Crippen LogP contribution in [0.2, 0.25) is 0 Å². The summed E-state index contributed by atoms with van der Waals surface area (Å²) in [5.41, 5.74) is 0. The number of carbonyl (C=O) groups is 8. The van der Waals surface area contributed by atoms with E-state index in [1.807, 2.05) is 0 Å². The van der Waals surface area contributed by atoms with Crippen molar-refractivity contribution in [2.45, 2.75) is 81.1 Å². The van der Waals surface area contributed by atoms with E-state index in [2.05, 4.69) is 0 Å². The van der Waals surface area contributed by atoms with E-state index in [0.29, 0.717) is 0 Å². The first-order chi connectivity index (χ1) is 12.5. The third-order valence-corrected chi connectivity index (χ3v) is 1.99. The van der Waals surface area contributed by atoms with E-state index in [1.165, 1.54) is 55.4 Å². The predicted octanol–water partition coefficient (Wildman–Crippen LogP) is 2.22. The molecule has 0 heterocycles. The van der Waals surface area contributed by atoms with E-state index in [9.17, 15) is 38.4 Å². The molecule has 0 spiro atoms. The fraction of sp³-hybridized carbons (Fsp3) is 0.600. The summed E-state index contributed by atoms with van der Waals surface area (Å²) in [5, 5.41) is 0. The fourth-order valence-corrected chi connectivity index (χ4v) is 1.40. The monoisotopic (exact) mass is 448 g/mol. The SMILES string of the molecule is CC(=O)CC(C)=O.CC(=O)CC(C)=O.CC(=O)CC(C)=O.CC(=O)CC(C)=O.[Ti+4]. The van der Waals surface area contributed by atoms with Gasteiger partial charge in [0.2, 0.25) is 0 Å². The molecule has 0 saturated heterocycles. The zero-order valence-corrected chi connectivity index (χ0v) is 20.2. The Kier molecular flexibility index (Phi) is 31.4. The molecule has 0 aliphatic carbocycles.